The Kier molecular flexibility index (Phi) is 4.79. The molecule has 0 saturated heterocycles. The number of hydrogen-bond acceptors (Lipinski definition) is 7. The molecule has 0 aliphatic heterocycles. The van der Waals surface area contributed by atoms with E-state index in [4.69, 9.17) is 15.7 Å². The van der Waals surface area contributed by atoms with Crippen LogP contribution >= 0.6 is 0 Å². The molecule has 1 aromatic heterocycles. The van der Waals surface area contributed by atoms with Crippen LogP contribution in [0, 0.1) is 16.8 Å². The van der Waals surface area contributed by atoms with Crippen LogP contribution in [0.2, 0.25) is 0 Å². The van der Waals surface area contributed by atoms with E-state index in [1.54, 1.807) is 24.3 Å². The molecule has 1 heterocycles. The fourth-order valence-corrected chi connectivity index (χ4v) is 2.06. The Morgan fingerprint density at radius 1 is 1.08 bits per heavy atom. The first-order valence-electron chi connectivity index (χ1n) is 7.37. The lowest BCUT2D eigenvalue weighted by Crippen LogP contribution is -1.98. The molecule has 0 radical (unpaired) electrons. The molecule has 0 fully saturated rings. The summed E-state index contributed by atoms with van der Waals surface area (Å²) in [5.41, 5.74) is 7.91. The highest BCUT2D eigenvalue weighted by Gasteiger charge is 2.13. The highest BCUT2D eigenvalue weighted by atomic mass is 19.1. The maximum atomic E-state index is 12.9. The number of aromatic hydroxyl groups is 1. The topological polar surface area (TPSA) is 127 Å². The van der Waals surface area contributed by atoms with E-state index >= 15 is 0 Å². The van der Waals surface area contributed by atoms with Gasteiger partial charge in [-0.3, -0.25) is 5.41 Å². The molecule has 8 nitrogen and oxygen atoms in total. The molecular weight excluding hydrogens is 339 g/mol. The summed E-state index contributed by atoms with van der Waals surface area (Å²) in [5, 5.41) is 23.7. The fraction of sp³-hybridized carbons (Fsp3) is 0. The normalized spacial score (nSPS) is 10.2. The van der Waals surface area contributed by atoms with Crippen molar-refractivity contribution in [2.24, 2.45) is 5.11 Å². The van der Waals surface area contributed by atoms with Gasteiger partial charge in [-0.15, -0.1) is 5.11 Å². The van der Waals surface area contributed by atoms with E-state index in [1.807, 2.05) is 0 Å². The van der Waals surface area contributed by atoms with E-state index in [2.05, 4.69) is 20.4 Å². The Morgan fingerprint density at radius 2 is 1.77 bits per heavy atom. The monoisotopic (exact) mass is 352 g/mol. The largest absolute Gasteiger partial charge is 0.501 e. The van der Waals surface area contributed by atoms with E-state index in [1.165, 1.54) is 30.6 Å². The van der Waals surface area contributed by atoms with Gasteiger partial charge in [0.2, 0.25) is 5.75 Å². The summed E-state index contributed by atoms with van der Waals surface area (Å²) in [5.74, 6) is -0.522. The molecule has 4 N–H and O–H groups in total. The maximum absolute atomic E-state index is 12.9. The van der Waals surface area contributed by atoms with Crippen LogP contribution in [0.4, 0.5) is 15.9 Å². The lowest BCUT2D eigenvalue weighted by molar-refractivity contribution is 0.396. The van der Waals surface area contributed by atoms with Crippen molar-refractivity contribution in [3.63, 3.8) is 0 Å². The average molecular weight is 352 g/mol. The Morgan fingerprint density at radius 3 is 2.42 bits per heavy atom. The second-order valence-electron chi connectivity index (χ2n) is 5.09. The summed E-state index contributed by atoms with van der Waals surface area (Å²) < 4.78 is 18.4. The summed E-state index contributed by atoms with van der Waals surface area (Å²) in [6.07, 6.45) is 1.21. The maximum Gasteiger partial charge on any atom is 0.267 e. The zero-order valence-corrected chi connectivity index (χ0v) is 13.3. The zero-order chi connectivity index (χ0) is 18.5. The Balaban J connectivity index is 1.79. The Hall–Kier alpha value is -3.88. The first-order valence-corrected chi connectivity index (χ1v) is 7.37. The fourth-order valence-electron chi connectivity index (χ4n) is 2.06. The lowest BCUT2D eigenvalue weighted by atomic mass is 10.2. The van der Waals surface area contributed by atoms with E-state index in [0.29, 0.717) is 17.0 Å². The lowest BCUT2D eigenvalue weighted by Gasteiger charge is -2.11. The van der Waals surface area contributed by atoms with Crippen molar-refractivity contribution in [2.75, 3.05) is 5.32 Å². The highest BCUT2D eigenvalue weighted by Crippen LogP contribution is 2.34. The molecule has 0 atom stereocenters. The van der Waals surface area contributed by atoms with Gasteiger partial charge in [0.1, 0.15) is 17.9 Å². The van der Waals surface area contributed by atoms with Gasteiger partial charge in [-0.25, -0.2) is 14.9 Å². The number of benzene rings is 2. The molecule has 0 amide bonds. The summed E-state index contributed by atoms with van der Waals surface area (Å²) in [4.78, 5) is 7.83. The molecule has 0 unspecified atom stereocenters. The average Bonchev–Trinajstić information content (AvgIpc) is 2.66. The molecule has 0 bridgehead atoms. The van der Waals surface area contributed by atoms with E-state index in [-0.39, 0.29) is 23.3 Å². The molecule has 3 rings (SSSR count). The third-order valence-corrected chi connectivity index (χ3v) is 3.35. The number of halogens is 1. The molecule has 9 heteroatoms. The van der Waals surface area contributed by atoms with Gasteiger partial charge in [0.25, 0.3) is 5.88 Å². The van der Waals surface area contributed by atoms with Crippen LogP contribution in [0.25, 0.3) is 0 Å². The number of nitrogens with zero attached hydrogens (tertiary/aromatic N) is 3. The quantitative estimate of drug-likeness (QED) is 0.311. The minimum atomic E-state index is -0.402. The van der Waals surface area contributed by atoms with Crippen molar-refractivity contribution < 1.29 is 14.2 Å². The highest BCUT2D eigenvalue weighted by molar-refractivity contribution is 5.96. The third kappa shape index (κ3) is 3.78. The second-order valence-corrected chi connectivity index (χ2v) is 5.09. The van der Waals surface area contributed by atoms with E-state index in [9.17, 15) is 9.50 Å². The molecule has 0 aliphatic rings. The minimum Gasteiger partial charge on any atom is -0.501 e. The second kappa shape index (κ2) is 7.34. The van der Waals surface area contributed by atoms with Crippen LogP contribution in [-0.4, -0.2) is 20.9 Å². The van der Waals surface area contributed by atoms with Crippen LogP contribution in [-0.2, 0) is 0 Å². The number of amidine groups is 1. The number of nitrogens with one attached hydrogen (secondary N) is 3. The molecule has 0 aliphatic carbocycles. The van der Waals surface area contributed by atoms with Gasteiger partial charge in [-0.1, -0.05) is 0 Å². The molecule has 26 heavy (non-hydrogen) atoms. The smallest absolute Gasteiger partial charge is 0.267 e. The van der Waals surface area contributed by atoms with Crippen molar-refractivity contribution in [1.82, 2.24) is 9.97 Å². The van der Waals surface area contributed by atoms with Crippen LogP contribution in [0.15, 0.2) is 60.0 Å². The molecular formula is C17H13FN6O2. The van der Waals surface area contributed by atoms with Gasteiger partial charge in [0.05, 0.1) is 0 Å². The van der Waals surface area contributed by atoms with Crippen molar-refractivity contribution in [2.45, 2.75) is 0 Å². The van der Waals surface area contributed by atoms with Gasteiger partial charge in [-0.2, -0.15) is 4.98 Å². The minimum absolute atomic E-state index is 0.0829. The van der Waals surface area contributed by atoms with Gasteiger partial charge < -0.3 is 15.2 Å². The summed E-state index contributed by atoms with van der Waals surface area (Å²) in [6.45, 7) is 0. The first kappa shape index (κ1) is 17.0. The van der Waals surface area contributed by atoms with Crippen molar-refractivity contribution in [3.8, 4) is 17.4 Å². The van der Waals surface area contributed by atoms with E-state index in [0.717, 1.165) is 0 Å². The number of aromatic nitrogens is 2. The molecule has 2 aromatic carbocycles. The van der Waals surface area contributed by atoms with Crippen molar-refractivity contribution >= 4 is 17.3 Å². The number of rotatable bonds is 5. The first-order chi connectivity index (χ1) is 12.6. The van der Waals surface area contributed by atoms with Crippen LogP contribution < -0.4 is 10.1 Å². The zero-order valence-electron chi connectivity index (χ0n) is 13.3. The summed E-state index contributed by atoms with van der Waals surface area (Å²) >= 11 is 0. The molecule has 3 aromatic rings. The van der Waals surface area contributed by atoms with E-state index < -0.39 is 5.82 Å². The Labute approximate surface area is 147 Å². The number of anilines is 2. The SMILES string of the molecule is N=NC(=N)c1ccc(Nc2ncnc(Oc3ccc(F)cc3)c2O)cc1. The van der Waals surface area contributed by atoms with Crippen molar-refractivity contribution in [3.05, 3.63) is 66.2 Å². The van der Waals surface area contributed by atoms with Gasteiger partial charge in [0.15, 0.2) is 11.7 Å². The predicted molar refractivity (Wildman–Crippen MR) is 91.9 cm³/mol. The van der Waals surface area contributed by atoms with Gasteiger partial charge in [0, 0.05) is 11.3 Å². The van der Waals surface area contributed by atoms with Crippen LogP contribution in [0.1, 0.15) is 5.56 Å². The van der Waals surface area contributed by atoms with Crippen molar-refractivity contribution in [1.29, 1.82) is 10.9 Å². The molecule has 0 spiro atoms. The predicted octanol–water partition coefficient (Wildman–Crippen LogP) is 4.21. The summed E-state index contributed by atoms with van der Waals surface area (Å²) in [7, 11) is 0. The van der Waals surface area contributed by atoms with Gasteiger partial charge in [-0.05, 0) is 48.5 Å². The standard InChI is InChI=1S/C17H13FN6O2/c18-11-3-7-13(8-4-11)26-17-14(25)16(21-9-22-17)23-12-5-1-10(2-6-12)15(19)24-20/h1-9,19-20,25H,(H,21,22,23). The summed E-state index contributed by atoms with van der Waals surface area (Å²) in [6, 6.07) is 11.8. The third-order valence-electron chi connectivity index (χ3n) is 3.35. The molecule has 0 saturated carbocycles. The van der Waals surface area contributed by atoms with Gasteiger partial charge >= 0.3 is 0 Å². The van der Waals surface area contributed by atoms with Crippen LogP contribution in [0.3, 0.4) is 0 Å². The Bertz CT molecular complexity index is 944. The van der Waals surface area contributed by atoms with Crippen LogP contribution in [0.5, 0.6) is 17.4 Å². The number of hydrogen-bond donors (Lipinski definition) is 4. The molecule has 130 valence electrons. The number of ether oxygens (including phenoxy) is 1.